The maximum atomic E-state index is 12.2. The van der Waals surface area contributed by atoms with E-state index in [-0.39, 0.29) is 24.5 Å². The molecule has 2 aromatic rings. The fraction of sp³-hybridized carbons (Fsp3) is 0.278. The molecule has 1 fully saturated rings. The quantitative estimate of drug-likeness (QED) is 0.771. The van der Waals surface area contributed by atoms with Crippen LogP contribution in [0.5, 0.6) is 0 Å². The lowest BCUT2D eigenvalue weighted by atomic mass is 10.1. The largest absolute Gasteiger partial charge is 0.454 e. The molecule has 0 bridgehead atoms. The number of benzene rings is 1. The maximum Gasteiger partial charge on any atom is 0.329 e. The van der Waals surface area contributed by atoms with Gasteiger partial charge in [0.15, 0.2) is 6.61 Å². The van der Waals surface area contributed by atoms with E-state index in [2.05, 4.69) is 10.6 Å². The zero-order chi connectivity index (χ0) is 17.6. The van der Waals surface area contributed by atoms with Crippen molar-refractivity contribution in [2.45, 2.75) is 24.9 Å². The first-order valence-electron chi connectivity index (χ1n) is 7.97. The van der Waals surface area contributed by atoms with Gasteiger partial charge in [0.05, 0.1) is 6.04 Å². The van der Waals surface area contributed by atoms with Gasteiger partial charge < -0.3 is 15.4 Å². The molecule has 2 N–H and O–H groups in total. The van der Waals surface area contributed by atoms with Crippen LogP contribution in [0, 0.1) is 0 Å². The molecule has 6 nitrogen and oxygen atoms in total. The predicted octanol–water partition coefficient (Wildman–Crippen LogP) is 1.78. The highest BCUT2D eigenvalue weighted by Gasteiger charge is 2.29. The van der Waals surface area contributed by atoms with Crippen LogP contribution in [-0.4, -0.2) is 30.4 Å². The molecule has 25 heavy (non-hydrogen) atoms. The van der Waals surface area contributed by atoms with E-state index in [0.29, 0.717) is 12.8 Å². The van der Waals surface area contributed by atoms with Crippen LogP contribution < -0.4 is 10.6 Å². The van der Waals surface area contributed by atoms with Crippen molar-refractivity contribution in [2.24, 2.45) is 0 Å². The lowest BCUT2D eigenvalue weighted by Crippen LogP contribution is -2.38. The average molecular weight is 358 g/mol. The van der Waals surface area contributed by atoms with Gasteiger partial charge in [-0.15, -0.1) is 11.3 Å². The van der Waals surface area contributed by atoms with Crippen molar-refractivity contribution in [1.29, 1.82) is 0 Å². The van der Waals surface area contributed by atoms with Crippen molar-refractivity contribution in [3.05, 3.63) is 58.3 Å². The van der Waals surface area contributed by atoms with E-state index in [4.69, 9.17) is 4.74 Å². The minimum absolute atomic E-state index is 0.173. The number of nitrogens with one attached hydrogen (secondary N) is 2. The van der Waals surface area contributed by atoms with Crippen LogP contribution >= 0.6 is 11.3 Å². The molecule has 0 saturated carbocycles. The summed E-state index contributed by atoms with van der Waals surface area (Å²) in [6.07, 6.45) is 0.710. The van der Waals surface area contributed by atoms with Crippen LogP contribution in [0.15, 0.2) is 47.8 Å². The molecule has 1 aromatic carbocycles. The fourth-order valence-corrected chi connectivity index (χ4v) is 3.45. The Bertz CT molecular complexity index is 746. The van der Waals surface area contributed by atoms with Crippen LogP contribution in [0.25, 0.3) is 0 Å². The van der Waals surface area contributed by atoms with Crippen LogP contribution in [0.2, 0.25) is 0 Å². The molecule has 0 aliphatic carbocycles. The SMILES string of the molecule is O=C(COC(=O)[C@@H]1CCC(=O)N1)N[C@H](c1ccccc1)c1cccs1. The second-order valence-electron chi connectivity index (χ2n) is 5.69. The number of carbonyl (C=O) groups is 3. The molecule has 0 spiro atoms. The Hall–Kier alpha value is -2.67. The number of carbonyl (C=O) groups excluding carboxylic acids is 3. The highest BCUT2D eigenvalue weighted by Crippen LogP contribution is 2.25. The number of hydrogen-bond donors (Lipinski definition) is 2. The summed E-state index contributed by atoms with van der Waals surface area (Å²) in [5.41, 5.74) is 0.952. The Morgan fingerprint density at radius 1 is 1.24 bits per heavy atom. The highest BCUT2D eigenvalue weighted by molar-refractivity contribution is 7.10. The summed E-state index contributed by atoms with van der Waals surface area (Å²) in [4.78, 5) is 36.2. The predicted molar refractivity (Wildman–Crippen MR) is 92.9 cm³/mol. The summed E-state index contributed by atoms with van der Waals surface area (Å²) in [6.45, 7) is -0.375. The number of thiophene rings is 1. The van der Waals surface area contributed by atoms with E-state index in [1.54, 1.807) is 11.3 Å². The van der Waals surface area contributed by atoms with Gasteiger partial charge in [-0.05, 0) is 23.4 Å². The molecule has 1 aromatic heterocycles. The molecule has 2 amide bonds. The second-order valence-corrected chi connectivity index (χ2v) is 6.67. The van der Waals surface area contributed by atoms with E-state index < -0.39 is 12.0 Å². The van der Waals surface area contributed by atoms with Gasteiger partial charge in [-0.3, -0.25) is 9.59 Å². The normalized spacial score (nSPS) is 17.6. The van der Waals surface area contributed by atoms with E-state index in [9.17, 15) is 14.4 Å². The van der Waals surface area contributed by atoms with Gasteiger partial charge in [0.2, 0.25) is 5.91 Å². The minimum atomic E-state index is -0.650. The Kier molecular flexibility index (Phi) is 5.45. The molecule has 0 radical (unpaired) electrons. The number of hydrogen-bond acceptors (Lipinski definition) is 5. The third-order valence-corrected chi connectivity index (χ3v) is 4.83. The second kappa shape index (κ2) is 7.94. The van der Waals surface area contributed by atoms with E-state index in [1.807, 2.05) is 47.8 Å². The third kappa shape index (κ3) is 4.45. The molecule has 2 atom stereocenters. The topological polar surface area (TPSA) is 84.5 Å². The minimum Gasteiger partial charge on any atom is -0.454 e. The molecular weight excluding hydrogens is 340 g/mol. The Morgan fingerprint density at radius 2 is 2.04 bits per heavy atom. The number of amides is 2. The van der Waals surface area contributed by atoms with Crippen molar-refractivity contribution >= 4 is 29.1 Å². The lowest BCUT2D eigenvalue weighted by Gasteiger charge is -2.18. The zero-order valence-corrected chi connectivity index (χ0v) is 14.3. The van der Waals surface area contributed by atoms with Crippen LogP contribution in [0.3, 0.4) is 0 Å². The Balaban J connectivity index is 1.59. The van der Waals surface area contributed by atoms with Crippen molar-refractivity contribution in [3.8, 4) is 0 Å². The first-order chi connectivity index (χ1) is 12.1. The maximum absolute atomic E-state index is 12.2. The standard InChI is InChI=1S/C18H18N2O4S/c21-15-9-8-13(19-15)18(23)24-11-16(22)20-17(14-7-4-10-25-14)12-5-2-1-3-6-12/h1-7,10,13,17H,8-9,11H2,(H,19,21)(H,20,22)/t13-,17+/m0/s1. The van der Waals surface area contributed by atoms with Gasteiger partial charge >= 0.3 is 5.97 Å². The number of rotatable bonds is 6. The van der Waals surface area contributed by atoms with Crippen molar-refractivity contribution in [3.63, 3.8) is 0 Å². The molecule has 2 heterocycles. The molecule has 0 unspecified atom stereocenters. The molecule has 1 aliphatic heterocycles. The van der Waals surface area contributed by atoms with E-state index in [0.717, 1.165) is 10.4 Å². The van der Waals surface area contributed by atoms with Gasteiger partial charge in [0, 0.05) is 11.3 Å². The van der Waals surface area contributed by atoms with Gasteiger partial charge in [-0.2, -0.15) is 0 Å². The lowest BCUT2D eigenvalue weighted by molar-refractivity contribution is -0.150. The molecule has 130 valence electrons. The van der Waals surface area contributed by atoms with Crippen molar-refractivity contribution < 1.29 is 19.1 Å². The smallest absolute Gasteiger partial charge is 0.329 e. The van der Waals surface area contributed by atoms with E-state index >= 15 is 0 Å². The monoisotopic (exact) mass is 358 g/mol. The van der Waals surface area contributed by atoms with Gasteiger partial charge in [-0.25, -0.2) is 4.79 Å². The van der Waals surface area contributed by atoms with Gasteiger partial charge in [-0.1, -0.05) is 36.4 Å². The molecule has 7 heteroatoms. The summed E-state index contributed by atoms with van der Waals surface area (Å²) in [5, 5.41) is 7.36. The number of esters is 1. The molecular formula is C18H18N2O4S. The van der Waals surface area contributed by atoms with Gasteiger partial charge in [0.1, 0.15) is 6.04 Å². The summed E-state index contributed by atoms with van der Waals surface area (Å²) >= 11 is 1.54. The molecule has 1 saturated heterocycles. The fourth-order valence-electron chi connectivity index (χ4n) is 2.65. The highest BCUT2D eigenvalue weighted by atomic mass is 32.1. The first kappa shape index (κ1) is 17.2. The third-order valence-electron chi connectivity index (χ3n) is 3.89. The van der Waals surface area contributed by atoms with Crippen LogP contribution in [-0.2, 0) is 19.1 Å². The van der Waals surface area contributed by atoms with Crippen LogP contribution in [0.4, 0.5) is 0 Å². The zero-order valence-electron chi connectivity index (χ0n) is 13.4. The Morgan fingerprint density at radius 3 is 2.68 bits per heavy atom. The average Bonchev–Trinajstić information content (AvgIpc) is 3.30. The Labute approximate surface area is 149 Å². The summed E-state index contributed by atoms with van der Waals surface area (Å²) in [6, 6.07) is 12.5. The summed E-state index contributed by atoms with van der Waals surface area (Å²) in [7, 11) is 0. The summed E-state index contributed by atoms with van der Waals surface area (Å²) < 4.78 is 5.03. The van der Waals surface area contributed by atoms with Crippen molar-refractivity contribution in [1.82, 2.24) is 10.6 Å². The molecule has 3 rings (SSSR count). The number of ether oxygens (including phenoxy) is 1. The van der Waals surface area contributed by atoms with E-state index in [1.165, 1.54) is 0 Å². The summed E-state index contributed by atoms with van der Waals surface area (Å²) in [5.74, 6) is -1.14. The molecule has 1 aliphatic rings. The van der Waals surface area contributed by atoms with Gasteiger partial charge in [0.25, 0.3) is 5.91 Å². The van der Waals surface area contributed by atoms with Crippen molar-refractivity contribution in [2.75, 3.05) is 6.61 Å². The van der Waals surface area contributed by atoms with Crippen LogP contribution in [0.1, 0.15) is 29.3 Å². The first-order valence-corrected chi connectivity index (χ1v) is 8.85.